The number of hydrogen-bond donors (Lipinski definition) is 3. The van der Waals surface area contributed by atoms with Gasteiger partial charge in [-0.2, -0.15) is 0 Å². The third-order valence-electron chi connectivity index (χ3n) is 3.62. The van der Waals surface area contributed by atoms with Crippen LogP contribution in [0.2, 0.25) is 0 Å². The maximum absolute atomic E-state index is 11.5. The van der Waals surface area contributed by atoms with E-state index < -0.39 is 0 Å². The number of rotatable bonds is 4. The van der Waals surface area contributed by atoms with Crippen molar-refractivity contribution in [3.63, 3.8) is 0 Å². The van der Waals surface area contributed by atoms with Crippen LogP contribution in [0.5, 0.6) is 0 Å². The van der Waals surface area contributed by atoms with Crippen molar-refractivity contribution in [2.24, 2.45) is 4.30 Å². The third-order valence-corrected chi connectivity index (χ3v) is 6.84. The van der Waals surface area contributed by atoms with Gasteiger partial charge in [-0.1, -0.05) is 0 Å². The summed E-state index contributed by atoms with van der Waals surface area (Å²) in [5, 5.41) is 4.04. The molecule has 4 aromatic rings. The molecule has 0 aromatic carbocycles. The first-order valence-electron chi connectivity index (χ1n) is 8.77. The average molecular weight is 606 g/mol. The number of ether oxygens (including phenoxy) is 2. The molecule has 0 atom stereocenters. The van der Waals surface area contributed by atoms with E-state index in [1.54, 1.807) is 36.5 Å². The van der Waals surface area contributed by atoms with Crippen LogP contribution in [0.4, 0.5) is 0 Å². The Morgan fingerprint density at radius 3 is 2.35 bits per heavy atom. The van der Waals surface area contributed by atoms with E-state index in [-0.39, 0.29) is 11.9 Å². The molecule has 4 heterocycles. The molecule has 0 aliphatic carbocycles. The second kappa shape index (κ2) is 12.6. The van der Waals surface area contributed by atoms with E-state index in [2.05, 4.69) is 66.6 Å². The van der Waals surface area contributed by atoms with Crippen molar-refractivity contribution in [1.82, 2.24) is 9.97 Å². The molecule has 163 valence electrons. The number of fused-ring (bicyclic) bond motifs is 2. The van der Waals surface area contributed by atoms with E-state index in [9.17, 15) is 9.59 Å². The van der Waals surface area contributed by atoms with Crippen LogP contribution in [0.1, 0.15) is 34.8 Å². The number of halogens is 2. The average Bonchev–Trinajstić information content (AvgIpc) is 3.45. The Balaban J connectivity index is 0.000000197. The standard InChI is InChI=1S/C9H7Br2NO2S.C9H9NO2S.BHNS/c1-2-14-9(13)7-6(11)4-3-5(10)15-8(4)12-7;1-2-12-9(11)7-5-6-3-4-13-8(6)10-7;1-2-3/h3,12H,2H2,1H3;3-5,10H,2H2,1H3;3H. The number of hydrogen-bond acceptors (Lipinski definition) is 8. The second-order valence-electron chi connectivity index (χ2n) is 5.55. The van der Waals surface area contributed by atoms with Gasteiger partial charge in [0.25, 0.3) is 0 Å². The van der Waals surface area contributed by atoms with Gasteiger partial charge in [-0.15, -0.1) is 22.7 Å². The number of thiophene rings is 2. The van der Waals surface area contributed by atoms with Crippen molar-refractivity contribution in [3.05, 3.63) is 43.2 Å². The van der Waals surface area contributed by atoms with Crippen molar-refractivity contribution in [1.29, 1.82) is 0 Å². The first-order chi connectivity index (χ1) is 14.9. The Kier molecular flexibility index (Phi) is 10.5. The fraction of sp³-hybridized carbons (Fsp3) is 0.222. The molecule has 0 amide bonds. The summed E-state index contributed by atoms with van der Waals surface area (Å²) < 4.78 is 14.3. The third kappa shape index (κ3) is 6.79. The minimum atomic E-state index is -0.330. The van der Waals surface area contributed by atoms with Crippen molar-refractivity contribution in [2.45, 2.75) is 13.8 Å². The number of carbonyl (C=O) groups excluding carboxylic acids is 2. The Hall–Kier alpha value is -1.41. The van der Waals surface area contributed by atoms with Crippen molar-refractivity contribution < 1.29 is 19.1 Å². The quantitative estimate of drug-likeness (QED) is 0.140. The number of nitrogens with one attached hydrogen (secondary N) is 2. The molecule has 0 saturated carbocycles. The van der Waals surface area contributed by atoms with Crippen LogP contribution < -0.4 is 0 Å². The van der Waals surface area contributed by atoms with E-state index in [4.69, 9.17) is 9.47 Å². The van der Waals surface area contributed by atoms with E-state index in [0.717, 1.165) is 28.7 Å². The normalized spacial score (nSPS) is 10.1. The van der Waals surface area contributed by atoms with Crippen LogP contribution >= 0.6 is 67.3 Å². The van der Waals surface area contributed by atoms with E-state index in [1.165, 1.54) is 0 Å². The van der Waals surface area contributed by atoms with Crippen molar-refractivity contribution in [3.8, 4) is 0 Å². The molecule has 0 fully saturated rings. The Bertz CT molecular complexity index is 1160. The van der Waals surface area contributed by atoms with Gasteiger partial charge in [0.2, 0.25) is 0 Å². The summed E-state index contributed by atoms with van der Waals surface area (Å²) in [5.74, 6) is -0.616. The zero-order valence-corrected chi connectivity index (χ0v) is 22.1. The van der Waals surface area contributed by atoms with Crippen LogP contribution in [0, 0.1) is 0 Å². The summed E-state index contributed by atoms with van der Waals surface area (Å²) in [7, 11) is 4.34. The molecule has 4 rings (SSSR count). The molecule has 31 heavy (non-hydrogen) atoms. The molecular formula is C18H17BBr2N3O4S3. The first-order valence-corrected chi connectivity index (χ1v) is 12.5. The van der Waals surface area contributed by atoms with Crippen LogP contribution in [-0.4, -0.2) is 42.8 Å². The van der Waals surface area contributed by atoms with E-state index in [0.29, 0.717) is 24.6 Å². The zero-order valence-electron chi connectivity index (χ0n) is 16.4. The molecule has 0 unspecified atom stereocenters. The van der Waals surface area contributed by atoms with Gasteiger partial charge in [0.1, 0.15) is 21.0 Å². The van der Waals surface area contributed by atoms with Crippen LogP contribution in [-0.2, 0) is 9.47 Å². The summed E-state index contributed by atoms with van der Waals surface area (Å²) in [6.07, 6.45) is 0. The second-order valence-corrected chi connectivity index (χ2v) is 9.92. The SMILES string of the molecule is CCOC(=O)c1[nH]c2sc(Br)cc2c1Br.CCOC(=O)c1cc2ccsc2[nH]1.[B]=NS. The van der Waals surface area contributed by atoms with Gasteiger partial charge in [-0.25, -0.2) is 9.59 Å². The first kappa shape index (κ1) is 25.9. The molecule has 1 radical (unpaired) electrons. The molecule has 13 heteroatoms. The summed E-state index contributed by atoms with van der Waals surface area (Å²) in [4.78, 5) is 30.8. The Morgan fingerprint density at radius 2 is 1.77 bits per heavy atom. The number of carbonyl (C=O) groups is 2. The topological polar surface area (TPSA) is 96.5 Å². The number of aromatic nitrogens is 2. The van der Waals surface area contributed by atoms with Crippen LogP contribution in [0.3, 0.4) is 0 Å². The van der Waals surface area contributed by atoms with E-state index >= 15 is 0 Å². The van der Waals surface area contributed by atoms with Crippen LogP contribution in [0.15, 0.2) is 36.1 Å². The Labute approximate surface area is 209 Å². The molecule has 7 nitrogen and oxygen atoms in total. The summed E-state index contributed by atoms with van der Waals surface area (Å²) in [6, 6.07) is 5.74. The Morgan fingerprint density at radius 1 is 1.13 bits per heavy atom. The predicted molar refractivity (Wildman–Crippen MR) is 137 cm³/mol. The van der Waals surface area contributed by atoms with Crippen LogP contribution in [0.25, 0.3) is 20.4 Å². The minimum absolute atomic E-state index is 0.286. The van der Waals surface area contributed by atoms with Crippen molar-refractivity contribution >= 4 is 107 Å². The fourth-order valence-electron chi connectivity index (χ4n) is 2.43. The van der Waals surface area contributed by atoms with Gasteiger partial charge in [0, 0.05) is 10.8 Å². The van der Waals surface area contributed by atoms with E-state index in [1.807, 2.05) is 23.6 Å². The number of H-pyrrole nitrogens is 2. The number of thiol groups is 1. The molecule has 0 bridgehead atoms. The van der Waals surface area contributed by atoms with Gasteiger partial charge in [-0.05, 0) is 69.3 Å². The molecule has 0 spiro atoms. The zero-order chi connectivity index (χ0) is 23.0. The molecule has 0 aliphatic heterocycles. The molecule has 0 saturated heterocycles. The fourth-order valence-corrected chi connectivity index (χ4v) is 5.43. The van der Waals surface area contributed by atoms with Gasteiger partial charge in [0.05, 0.1) is 21.5 Å². The van der Waals surface area contributed by atoms with Gasteiger partial charge >= 0.3 is 36.7 Å². The number of esters is 2. The summed E-state index contributed by atoms with van der Waals surface area (Å²) in [6.45, 7) is 4.37. The monoisotopic (exact) mass is 604 g/mol. The summed E-state index contributed by atoms with van der Waals surface area (Å²) >= 11 is 13.1. The van der Waals surface area contributed by atoms with Crippen molar-refractivity contribution in [2.75, 3.05) is 13.2 Å². The molecule has 0 aliphatic rings. The summed E-state index contributed by atoms with van der Waals surface area (Å²) in [5.41, 5.74) is 1.01. The van der Waals surface area contributed by atoms with Gasteiger partial charge in [0.15, 0.2) is 0 Å². The molecular weight excluding hydrogens is 589 g/mol. The molecule has 4 aromatic heterocycles. The number of nitrogens with zero attached hydrogens (tertiary/aromatic N) is 1. The van der Waals surface area contributed by atoms with Gasteiger partial charge in [-0.3, -0.25) is 0 Å². The molecule has 2 N–H and O–H groups in total. The predicted octanol–water partition coefficient (Wildman–Crippen LogP) is 6.52. The number of aromatic amines is 2. The maximum atomic E-state index is 11.5. The van der Waals surface area contributed by atoms with Gasteiger partial charge < -0.3 is 19.4 Å².